The second-order valence-electron chi connectivity index (χ2n) is 5.62. The summed E-state index contributed by atoms with van der Waals surface area (Å²) in [6, 6.07) is 8.21. The molecule has 24 heavy (non-hydrogen) atoms. The topological polar surface area (TPSA) is 46.6 Å². The second-order valence-corrected chi connectivity index (χ2v) is 9.46. The minimum absolute atomic E-state index is 0.0746. The van der Waals surface area contributed by atoms with Crippen molar-refractivity contribution in [3.63, 3.8) is 0 Å². The van der Waals surface area contributed by atoms with Crippen LogP contribution in [0.2, 0.25) is 10.0 Å². The van der Waals surface area contributed by atoms with Gasteiger partial charge in [-0.2, -0.15) is 4.31 Å². The van der Waals surface area contributed by atoms with Crippen molar-refractivity contribution in [2.45, 2.75) is 30.4 Å². The third-order valence-electron chi connectivity index (χ3n) is 3.82. The van der Waals surface area contributed by atoms with Gasteiger partial charge in [0.2, 0.25) is 10.0 Å². The highest BCUT2D eigenvalue weighted by Gasteiger charge is 2.30. The van der Waals surface area contributed by atoms with Gasteiger partial charge in [-0.3, -0.25) is 0 Å². The van der Waals surface area contributed by atoms with Crippen LogP contribution in [-0.2, 0) is 21.3 Å². The van der Waals surface area contributed by atoms with E-state index in [-0.39, 0.29) is 11.0 Å². The van der Waals surface area contributed by atoms with Crippen LogP contribution in [0, 0.1) is 0 Å². The van der Waals surface area contributed by atoms with Gasteiger partial charge < -0.3 is 4.74 Å². The molecule has 4 nitrogen and oxygen atoms in total. The van der Waals surface area contributed by atoms with Crippen LogP contribution in [0.3, 0.4) is 0 Å². The lowest BCUT2D eigenvalue weighted by molar-refractivity contribution is 0.0927. The Labute approximate surface area is 156 Å². The molecule has 1 aliphatic rings. The number of halogens is 2. The maximum atomic E-state index is 13.1. The third-order valence-corrected chi connectivity index (χ3v) is 6.90. The zero-order valence-corrected chi connectivity index (χ0v) is 16.0. The van der Waals surface area contributed by atoms with Gasteiger partial charge in [-0.25, -0.2) is 8.42 Å². The van der Waals surface area contributed by atoms with Gasteiger partial charge in [0, 0.05) is 34.6 Å². The van der Waals surface area contributed by atoms with Crippen LogP contribution in [0.5, 0.6) is 0 Å². The number of hydrogen-bond donors (Lipinski definition) is 0. The first-order valence-corrected chi connectivity index (χ1v) is 10.6. The minimum Gasteiger partial charge on any atom is -0.377 e. The number of ether oxygens (including phenoxy) is 1. The standard InChI is InChI=1S/C16H17Cl2NO3S2/c17-12-7-13(18)9-16(8-12)24(20,21)19(10-14-3-1-5-22-14)11-15-4-2-6-23-15/h2,4,6-9,14H,1,3,5,10-11H2/t14-/m0/s1. The molecule has 0 saturated carbocycles. The summed E-state index contributed by atoms with van der Waals surface area (Å²) >= 11 is 13.5. The second kappa shape index (κ2) is 7.72. The van der Waals surface area contributed by atoms with Crippen LogP contribution >= 0.6 is 34.5 Å². The van der Waals surface area contributed by atoms with Gasteiger partial charge in [-0.15, -0.1) is 11.3 Å². The smallest absolute Gasteiger partial charge is 0.243 e. The third kappa shape index (κ3) is 4.31. The SMILES string of the molecule is O=S(=O)(c1cc(Cl)cc(Cl)c1)N(Cc1cccs1)C[C@@H]1CCCO1. The Hall–Kier alpha value is -0.630. The summed E-state index contributed by atoms with van der Waals surface area (Å²) in [5, 5.41) is 2.53. The van der Waals surface area contributed by atoms with E-state index in [0.717, 1.165) is 17.7 Å². The largest absolute Gasteiger partial charge is 0.377 e. The molecule has 1 aliphatic heterocycles. The van der Waals surface area contributed by atoms with E-state index < -0.39 is 10.0 Å². The number of thiophene rings is 1. The summed E-state index contributed by atoms with van der Waals surface area (Å²) in [6.07, 6.45) is 1.75. The average molecular weight is 406 g/mol. The van der Waals surface area contributed by atoms with Gasteiger partial charge in [0.25, 0.3) is 0 Å². The minimum atomic E-state index is -3.72. The van der Waals surface area contributed by atoms with Crippen molar-refractivity contribution in [3.8, 4) is 0 Å². The fourth-order valence-electron chi connectivity index (χ4n) is 2.67. The Kier molecular flexibility index (Phi) is 5.85. The molecule has 1 aromatic heterocycles. The van der Waals surface area contributed by atoms with Crippen molar-refractivity contribution in [1.29, 1.82) is 0 Å². The Balaban J connectivity index is 1.92. The predicted molar refractivity (Wildman–Crippen MR) is 97.4 cm³/mol. The van der Waals surface area contributed by atoms with Crippen molar-refractivity contribution in [2.24, 2.45) is 0 Å². The van der Waals surface area contributed by atoms with Crippen molar-refractivity contribution in [2.75, 3.05) is 13.2 Å². The van der Waals surface area contributed by atoms with E-state index in [2.05, 4.69) is 0 Å². The first-order chi connectivity index (χ1) is 11.4. The van der Waals surface area contributed by atoms with Crippen molar-refractivity contribution < 1.29 is 13.2 Å². The van der Waals surface area contributed by atoms with Crippen LogP contribution in [0.15, 0.2) is 40.6 Å². The van der Waals surface area contributed by atoms with Gasteiger partial charge in [0.1, 0.15) is 0 Å². The number of hydrogen-bond acceptors (Lipinski definition) is 4. The Morgan fingerprint density at radius 3 is 2.58 bits per heavy atom. The molecule has 0 radical (unpaired) electrons. The monoisotopic (exact) mass is 405 g/mol. The fourth-order valence-corrected chi connectivity index (χ4v) is 5.64. The highest BCUT2D eigenvalue weighted by atomic mass is 35.5. The molecule has 1 atom stereocenters. The van der Waals surface area contributed by atoms with E-state index in [1.807, 2.05) is 17.5 Å². The molecule has 1 aromatic carbocycles. The summed E-state index contributed by atoms with van der Waals surface area (Å²) in [6.45, 7) is 1.31. The van der Waals surface area contributed by atoms with E-state index in [9.17, 15) is 8.42 Å². The lowest BCUT2D eigenvalue weighted by Crippen LogP contribution is -2.36. The summed E-state index contributed by atoms with van der Waals surface area (Å²) in [5.74, 6) is 0. The molecule has 0 unspecified atom stereocenters. The van der Waals surface area contributed by atoms with E-state index in [1.54, 1.807) is 0 Å². The lowest BCUT2D eigenvalue weighted by Gasteiger charge is -2.24. The van der Waals surface area contributed by atoms with Gasteiger partial charge in [0.15, 0.2) is 0 Å². The van der Waals surface area contributed by atoms with Crippen molar-refractivity contribution in [3.05, 3.63) is 50.6 Å². The molecule has 1 saturated heterocycles. The van der Waals surface area contributed by atoms with E-state index in [4.69, 9.17) is 27.9 Å². The summed E-state index contributed by atoms with van der Waals surface area (Å²) in [7, 11) is -3.72. The molecule has 1 fully saturated rings. The van der Waals surface area contributed by atoms with Crippen LogP contribution < -0.4 is 0 Å². The molecule has 8 heteroatoms. The van der Waals surface area contributed by atoms with Crippen LogP contribution in [0.1, 0.15) is 17.7 Å². The van der Waals surface area contributed by atoms with Gasteiger partial charge in [-0.1, -0.05) is 29.3 Å². The molecule has 0 spiro atoms. The molecule has 0 bridgehead atoms. The summed E-state index contributed by atoms with van der Waals surface area (Å²) < 4.78 is 33.3. The zero-order valence-electron chi connectivity index (χ0n) is 12.8. The molecule has 2 heterocycles. The number of nitrogens with zero attached hydrogens (tertiary/aromatic N) is 1. The van der Waals surface area contributed by atoms with Gasteiger partial charge >= 0.3 is 0 Å². The van der Waals surface area contributed by atoms with Crippen LogP contribution in [0.25, 0.3) is 0 Å². The Morgan fingerprint density at radius 2 is 2.00 bits per heavy atom. The average Bonchev–Trinajstić information content (AvgIpc) is 3.19. The van der Waals surface area contributed by atoms with E-state index in [1.165, 1.54) is 33.8 Å². The van der Waals surface area contributed by atoms with Crippen LogP contribution in [0.4, 0.5) is 0 Å². The normalized spacial score (nSPS) is 18.4. The Morgan fingerprint density at radius 1 is 1.25 bits per heavy atom. The van der Waals surface area contributed by atoms with E-state index in [0.29, 0.717) is 29.7 Å². The molecule has 2 aromatic rings. The molecule has 130 valence electrons. The van der Waals surface area contributed by atoms with Gasteiger partial charge in [-0.05, 0) is 42.5 Å². The molecular weight excluding hydrogens is 389 g/mol. The first-order valence-electron chi connectivity index (χ1n) is 7.55. The molecular formula is C16H17Cl2NO3S2. The number of sulfonamides is 1. The summed E-state index contributed by atoms with van der Waals surface area (Å²) in [4.78, 5) is 1.08. The summed E-state index contributed by atoms with van der Waals surface area (Å²) in [5.41, 5.74) is 0. The highest BCUT2D eigenvalue weighted by molar-refractivity contribution is 7.89. The molecule has 0 N–H and O–H groups in total. The van der Waals surface area contributed by atoms with Crippen molar-refractivity contribution >= 4 is 44.6 Å². The number of rotatable bonds is 6. The first kappa shape index (κ1) is 18.2. The fraction of sp³-hybridized carbons (Fsp3) is 0.375. The zero-order chi connectivity index (χ0) is 17.2. The maximum absolute atomic E-state index is 13.1. The van der Waals surface area contributed by atoms with E-state index >= 15 is 0 Å². The molecule has 0 aliphatic carbocycles. The maximum Gasteiger partial charge on any atom is 0.243 e. The molecule has 0 amide bonds. The predicted octanol–water partition coefficient (Wildman–Crippen LogP) is 4.42. The van der Waals surface area contributed by atoms with Crippen molar-refractivity contribution in [1.82, 2.24) is 4.31 Å². The lowest BCUT2D eigenvalue weighted by atomic mass is 10.2. The van der Waals surface area contributed by atoms with Gasteiger partial charge in [0.05, 0.1) is 11.0 Å². The molecule has 3 rings (SSSR count). The van der Waals surface area contributed by atoms with Crippen LogP contribution in [-0.4, -0.2) is 32.0 Å². The highest BCUT2D eigenvalue weighted by Crippen LogP contribution is 2.27. The number of benzene rings is 1. The Bertz CT molecular complexity index is 767. The quantitative estimate of drug-likeness (QED) is 0.713.